The number of aliphatic hydroxyl groups is 1. The molecule has 0 radical (unpaired) electrons. The summed E-state index contributed by atoms with van der Waals surface area (Å²) in [6.07, 6.45) is 4.33. The van der Waals surface area contributed by atoms with E-state index < -0.39 is 0 Å². The molecule has 4 heteroatoms. The third kappa shape index (κ3) is 3.52. The van der Waals surface area contributed by atoms with Crippen LogP contribution in [0.15, 0.2) is 42.7 Å². The number of ether oxygens (including phenoxy) is 1. The Bertz CT molecular complexity index is 587. The molecule has 1 aromatic carbocycles. The Morgan fingerprint density at radius 2 is 2.00 bits per heavy atom. The smallest absolute Gasteiger partial charge is 0.122 e. The van der Waals surface area contributed by atoms with Crippen molar-refractivity contribution >= 4 is 5.69 Å². The number of para-hydroxylation sites is 1. The van der Waals surface area contributed by atoms with Crippen LogP contribution in [0.1, 0.15) is 18.1 Å². The predicted molar refractivity (Wildman–Crippen MR) is 84.7 cm³/mol. The molecule has 0 amide bonds. The number of hydrogen-bond donors (Lipinski definition) is 1. The van der Waals surface area contributed by atoms with Crippen LogP contribution in [0.3, 0.4) is 0 Å². The second-order valence-corrected chi connectivity index (χ2v) is 5.14. The van der Waals surface area contributed by atoms with Crippen LogP contribution in [0.25, 0.3) is 0 Å². The van der Waals surface area contributed by atoms with E-state index in [2.05, 4.69) is 22.9 Å². The number of benzene rings is 1. The van der Waals surface area contributed by atoms with Gasteiger partial charge in [-0.2, -0.15) is 0 Å². The molecular formula is C17H22N2O2. The molecule has 0 fully saturated rings. The Labute approximate surface area is 126 Å². The lowest BCUT2D eigenvalue weighted by Crippen LogP contribution is -2.31. The van der Waals surface area contributed by atoms with Gasteiger partial charge < -0.3 is 14.7 Å². The van der Waals surface area contributed by atoms with Gasteiger partial charge >= 0.3 is 0 Å². The summed E-state index contributed by atoms with van der Waals surface area (Å²) >= 11 is 0. The molecule has 0 bridgehead atoms. The van der Waals surface area contributed by atoms with E-state index in [0.717, 1.165) is 23.4 Å². The second-order valence-electron chi connectivity index (χ2n) is 5.14. The maximum atomic E-state index is 9.43. The number of aliphatic hydroxyl groups excluding tert-OH is 1. The second kappa shape index (κ2) is 7.09. The van der Waals surface area contributed by atoms with Gasteiger partial charge in [0.2, 0.25) is 0 Å². The third-order valence-electron chi connectivity index (χ3n) is 3.80. The predicted octanol–water partition coefficient (Wildman–Crippen LogP) is 2.65. The highest BCUT2D eigenvalue weighted by Gasteiger charge is 2.15. The number of rotatable bonds is 6. The Kier molecular flexibility index (Phi) is 5.17. The monoisotopic (exact) mass is 286 g/mol. The van der Waals surface area contributed by atoms with Crippen molar-refractivity contribution < 1.29 is 9.84 Å². The number of likely N-dealkylation sites (N-methyl/N-ethyl adjacent to an activating group) is 1. The number of nitrogens with zero attached hydrogens (tertiary/aromatic N) is 2. The van der Waals surface area contributed by atoms with Gasteiger partial charge in [0, 0.05) is 36.7 Å². The molecule has 1 aromatic heterocycles. The Hall–Kier alpha value is -2.07. The summed E-state index contributed by atoms with van der Waals surface area (Å²) in [6, 6.07) is 10.3. The minimum atomic E-state index is -0.00507. The largest absolute Gasteiger partial charge is 0.496 e. The van der Waals surface area contributed by atoms with Crippen LogP contribution in [0, 0.1) is 0 Å². The number of anilines is 1. The summed E-state index contributed by atoms with van der Waals surface area (Å²) < 4.78 is 5.41. The van der Waals surface area contributed by atoms with Gasteiger partial charge in [-0.1, -0.05) is 18.2 Å². The van der Waals surface area contributed by atoms with E-state index in [9.17, 15) is 5.11 Å². The molecule has 2 aromatic rings. The van der Waals surface area contributed by atoms with Crippen LogP contribution >= 0.6 is 0 Å². The first-order valence-corrected chi connectivity index (χ1v) is 7.05. The number of hydrogen-bond acceptors (Lipinski definition) is 4. The highest BCUT2D eigenvalue weighted by atomic mass is 16.5. The zero-order valence-corrected chi connectivity index (χ0v) is 12.8. The van der Waals surface area contributed by atoms with Gasteiger partial charge in [0.15, 0.2) is 0 Å². The molecule has 4 nitrogen and oxygen atoms in total. The van der Waals surface area contributed by atoms with Crippen molar-refractivity contribution in [2.45, 2.75) is 26.0 Å². The summed E-state index contributed by atoms with van der Waals surface area (Å²) in [6.45, 7) is 2.16. The van der Waals surface area contributed by atoms with Crippen molar-refractivity contribution in [1.82, 2.24) is 4.98 Å². The fraction of sp³-hybridized carbons (Fsp3) is 0.353. The molecule has 1 N–H and O–H groups in total. The van der Waals surface area contributed by atoms with Crippen molar-refractivity contribution in [3.63, 3.8) is 0 Å². The van der Waals surface area contributed by atoms with Crippen molar-refractivity contribution in [2.24, 2.45) is 0 Å². The minimum absolute atomic E-state index is 0.00507. The van der Waals surface area contributed by atoms with E-state index in [1.54, 1.807) is 19.5 Å². The van der Waals surface area contributed by atoms with E-state index in [1.807, 2.05) is 31.3 Å². The molecule has 1 unspecified atom stereocenters. The quantitative estimate of drug-likeness (QED) is 0.887. The van der Waals surface area contributed by atoms with Gasteiger partial charge in [-0.15, -0.1) is 0 Å². The molecule has 0 saturated carbocycles. The van der Waals surface area contributed by atoms with Gasteiger partial charge in [-0.25, -0.2) is 0 Å². The summed E-state index contributed by atoms with van der Waals surface area (Å²) in [7, 11) is 3.73. The third-order valence-corrected chi connectivity index (χ3v) is 3.80. The van der Waals surface area contributed by atoms with E-state index in [0.29, 0.717) is 0 Å². The first-order chi connectivity index (χ1) is 10.2. The van der Waals surface area contributed by atoms with E-state index in [1.165, 1.54) is 5.56 Å². The zero-order valence-electron chi connectivity index (χ0n) is 12.8. The Balaban J connectivity index is 2.17. The average molecular weight is 286 g/mol. The van der Waals surface area contributed by atoms with Crippen LogP contribution in [-0.4, -0.2) is 30.3 Å². The van der Waals surface area contributed by atoms with Gasteiger partial charge in [-0.05, 0) is 31.0 Å². The highest BCUT2D eigenvalue weighted by Crippen LogP contribution is 2.24. The normalized spacial score (nSPS) is 12.0. The fourth-order valence-corrected chi connectivity index (χ4v) is 2.45. The van der Waals surface area contributed by atoms with Crippen LogP contribution in [0.2, 0.25) is 0 Å². The molecule has 2 rings (SSSR count). The molecule has 0 aliphatic carbocycles. The van der Waals surface area contributed by atoms with Crippen molar-refractivity contribution in [3.8, 4) is 5.75 Å². The molecule has 0 saturated heterocycles. The number of aromatic nitrogens is 1. The minimum Gasteiger partial charge on any atom is -0.496 e. The van der Waals surface area contributed by atoms with Crippen LogP contribution in [-0.2, 0) is 13.0 Å². The SMILES string of the molecule is COc1ccccc1CC(C)N(C)c1ccncc1CO. The molecule has 0 spiro atoms. The molecular weight excluding hydrogens is 264 g/mol. The van der Waals surface area contributed by atoms with Crippen molar-refractivity contribution in [1.29, 1.82) is 0 Å². The topological polar surface area (TPSA) is 45.6 Å². The summed E-state index contributed by atoms with van der Waals surface area (Å²) in [5.74, 6) is 0.912. The molecule has 112 valence electrons. The Morgan fingerprint density at radius 1 is 1.24 bits per heavy atom. The average Bonchev–Trinajstić information content (AvgIpc) is 2.54. The van der Waals surface area contributed by atoms with Gasteiger partial charge in [0.1, 0.15) is 5.75 Å². The summed E-state index contributed by atoms with van der Waals surface area (Å²) in [5, 5.41) is 9.43. The molecule has 0 aliphatic rings. The fourth-order valence-electron chi connectivity index (χ4n) is 2.45. The standard InChI is InChI=1S/C17H22N2O2/c1-13(10-14-6-4-5-7-17(14)21-3)19(2)16-8-9-18-11-15(16)12-20/h4-9,11,13,20H,10,12H2,1-3H3. The van der Waals surface area contributed by atoms with Crippen molar-refractivity contribution in [2.75, 3.05) is 19.1 Å². The molecule has 1 heterocycles. The molecule has 21 heavy (non-hydrogen) atoms. The van der Waals surface area contributed by atoms with Crippen LogP contribution < -0.4 is 9.64 Å². The lowest BCUT2D eigenvalue weighted by atomic mass is 10.0. The molecule has 1 atom stereocenters. The van der Waals surface area contributed by atoms with Crippen molar-refractivity contribution in [3.05, 3.63) is 53.9 Å². The maximum absolute atomic E-state index is 9.43. The first-order valence-electron chi connectivity index (χ1n) is 7.05. The Morgan fingerprint density at radius 3 is 2.71 bits per heavy atom. The van der Waals surface area contributed by atoms with E-state index in [4.69, 9.17) is 4.74 Å². The summed E-state index contributed by atoms with van der Waals surface area (Å²) in [5.41, 5.74) is 3.03. The highest BCUT2D eigenvalue weighted by molar-refractivity contribution is 5.52. The molecule has 0 aliphatic heterocycles. The van der Waals surface area contributed by atoms with Gasteiger partial charge in [-0.3, -0.25) is 4.98 Å². The lowest BCUT2D eigenvalue weighted by Gasteiger charge is -2.29. The van der Waals surface area contributed by atoms with E-state index >= 15 is 0 Å². The lowest BCUT2D eigenvalue weighted by molar-refractivity contribution is 0.281. The van der Waals surface area contributed by atoms with Gasteiger partial charge in [0.05, 0.1) is 13.7 Å². The van der Waals surface area contributed by atoms with Gasteiger partial charge in [0.25, 0.3) is 0 Å². The number of methoxy groups -OCH3 is 1. The first kappa shape index (κ1) is 15.3. The van der Waals surface area contributed by atoms with Crippen LogP contribution in [0.4, 0.5) is 5.69 Å². The van der Waals surface area contributed by atoms with Crippen LogP contribution in [0.5, 0.6) is 5.75 Å². The number of pyridine rings is 1. The zero-order chi connectivity index (χ0) is 15.2. The van der Waals surface area contributed by atoms with E-state index in [-0.39, 0.29) is 12.6 Å². The maximum Gasteiger partial charge on any atom is 0.122 e. The summed E-state index contributed by atoms with van der Waals surface area (Å²) in [4.78, 5) is 6.23.